The highest BCUT2D eigenvalue weighted by molar-refractivity contribution is 8.01. The number of aromatic nitrogens is 1. The van der Waals surface area contributed by atoms with Gasteiger partial charge in [0.2, 0.25) is 0 Å². The van der Waals surface area contributed by atoms with E-state index in [1.54, 1.807) is 29.3 Å². The molecule has 0 aliphatic rings. The van der Waals surface area contributed by atoms with Crippen LogP contribution < -0.4 is 5.73 Å². The lowest BCUT2D eigenvalue weighted by Crippen LogP contribution is -2.42. The van der Waals surface area contributed by atoms with E-state index in [9.17, 15) is 0 Å². The summed E-state index contributed by atoms with van der Waals surface area (Å²) in [6.07, 6.45) is 1.76. The molecule has 1 aromatic heterocycles. The summed E-state index contributed by atoms with van der Waals surface area (Å²) in [5.74, 6) is 0.691. The highest BCUT2D eigenvalue weighted by Crippen LogP contribution is 2.22. The highest BCUT2D eigenvalue weighted by atomic mass is 32.2. The third-order valence-electron chi connectivity index (χ3n) is 1.30. The van der Waals surface area contributed by atoms with Gasteiger partial charge in [-0.1, -0.05) is 11.8 Å². The average molecular weight is 204 g/mol. The smallest absolute Gasteiger partial charge is 0.149 e. The van der Waals surface area contributed by atoms with Crippen LogP contribution in [-0.4, -0.2) is 28.0 Å². The molecule has 1 unspecified atom stereocenters. The molecule has 5 heteroatoms. The minimum atomic E-state index is -0.504. The van der Waals surface area contributed by atoms with Crippen molar-refractivity contribution in [2.45, 2.75) is 16.8 Å². The summed E-state index contributed by atoms with van der Waals surface area (Å²) < 4.78 is 1.00. The van der Waals surface area contributed by atoms with Gasteiger partial charge in [-0.3, -0.25) is 0 Å². The zero-order valence-corrected chi connectivity index (χ0v) is 8.49. The van der Waals surface area contributed by atoms with E-state index in [2.05, 4.69) is 4.98 Å². The molecule has 3 N–H and O–H groups in total. The Hall–Kier alpha value is -0.100. The van der Waals surface area contributed by atoms with Gasteiger partial charge < -0.3 is 10.8 Å². The van der Waals surface area contributed by atoms with E-state index in [1.165, 1.54) is 0 Å². The first-order valence-electron chi connectivity index (χ1n) is 3.56. The van der Waals surface area contributed by atoms with Gasteiger partial charge >= 0.3 is 0 Å². The van der Waals surface area contributed by atoms with Crippen LogP contribution >= 0.6 is 23.1 Å². The Kier molecular flexibility index (Phi) is 3.52. The van der Waals surface area contributed by atoms with Crippen molar-refractivity contribution in [1.82, 2.24) is 4.98 Å². The Morgan fingerprint density at radius 3 is 3.08 bits per heavy atom. The SMILES string of the molecule is CC(N)(CO)CSc1nccs1. The van der Waals surface area contributed by atoms with Gasteiger partial charge in [0.1, 0.15) is 4.34 Å². The number of aliphatic hydroxyl groups is 1. The van der Waals surface area contributed by atoms with Gasteiger partial charge in [-0.2, -0.15) is 0 Å². The monoisotopic (exact) mass is 204 g/mol. The third kappa shape index (κ3) is 3.10. The van der Waals surface area contributed by atoms with Crippen LogP contribution in [0.5, 0.6) is 0 Å². The molecule has 1 heterocycles. The van der Waals surface area contributed by atoms with Crippen LogP contribution in [0, 0.1) is 0 Å². The zero-order chi connectivity index (χ0) is 9.03. The molecule has 0 radical (unpaired) electrons. The van der Waals surface area contributed by atoms with Crippen LogP contribution in [-0.2, 0) is 0 Å². The molecule has 0 amide bonds. The van der Waals surface area contributed by atoms with Gasteiger partial charge in [0.15, 0.2) is 0 Å². The summed E-state index contributed by atoms with van der Waals surface area (Å²) in [5.41, 5.74) is 5.23. The van der Waals surface area contributed by atoms with Crippen molar-refractivity contribution in [3.8, 4) is 0 Å². The Labute approximate surface area is 80.0 Å². The van der Waals surface area contributed by atoms with E-state index in [4.69, 9.17) is 10.8 Å². The minimum Gasteiger partial charge on any atom is -0.394 e. The summed E-state index contributed by atoms with van der Waals surface area (Å²) in [5, 5.41) is 10.8. The minimum absolute atomic E-state index is 0.00533. The predicted octanol–water partition coefficient (Wildman–Crippen LogP) is 0.945. The highest BCUT2D eigenvalue weighted by Gasteiger charge is 2.17. The van der Waals surface area contributed by atoms with Gasteiger partial charge in [0.25, 0.3) is 0 Å². The first-order valence-corrected chi connectivity index (χ1v) is 5.43. The van der Waals surface area contributed by atoms with Gasteiger partial charge in [-0.05, 0) is 6.92 Å². The molecule has 12 heavy (non-hydrogen) atoms. The molecule has 0 aromatic carbocycles. The molecule has 0 aliphatic heterocycles. The molecule has 1 atom stereocenters. The predicted molar refractivity (Wildman–Crippen MR) is 52.5 cm³/mol. The van der Waals surface area contributed by atoms with Crippen molar-refractivity contribution in [3.63, 3.8) is 0 Å². The summed E-state index contributed by atoms with van der Waals surface area (Å²) in [4.78, 5) is 4.10. The third-order valence-corrected chi connectivity index (χ3v) is 3.66. The van der Waals surface area contributed by atoms with E-state index >= 15 is 0 Å². The van der Waals surface area contributed by atoms with E-state index in [-0.39, 0.29) is 6.61 Å². The molecule has 0 saturated heterocycles. The molecule has 0 aliphatic carbocycles. The van der Waals surface area contributed by atoms with Crippen molar-refractivity contribution in [3.05, 3.63) is 11.6 Å². The maximum Gasteiger partial charge on any atom is 0.149 e. The first-order chi connectivity index (χ1) is 5.64. The maximum atomic E-state index is 8.87. The van der Waals surface area contributed by atoms with Crippen LogP contribution in [0.25, 0.3) is 0 Å². The second kappa shape index (κ2) is 4.23. The lowest BCUT2D eigenvalue weighted by molar-refractivity contribution is 0.224. The van der Waals surface area contributed by atoms with Gasteiger partial charge in [0.05, 0.1) is 6.61 Å². The average Bonchev–Trinajstić information content (AvgIpc) is 2.53. The first kappa shape index (κ1) is 9.98. The number of rotatable bonds is 4. The van der Waals surface area contributed by atoms with Crippen LogP contribution in [0.2, 0.25) is 0 Å². The van der Waals surface area contributed by atoms with Gasteiger partial charge in [-0.15, -0.1) is 11.3 Å². The zero-order valence-electron chi connectivity index (χ0n) is 6.86. The van der Waals surface area contributed by atoms with Crippen LogP contribution in [0.15, 0.2) is 15.9 Å². The number of nitrogens with two attached hydrogens (primary N) is 1. The van der Waals surface area contributed by atoms with Gasteiger partial charge in [-0.25, -0.2) is 4.98 Å². The molecule has 68 valence electrons. The fourth-order valence-corrected chi connectivity index (χ4v) is 2.21. The van der Waals surface area contributed by atoms with Crippen LogP contribution in [0.4, 0.5) is 0 Å². The fraction of sp³-hybridized carbons (Fsp3) is 0.571. The number of thioether (sulfide) groups is 1. The second-order valence-corrected chi connectivity index (χ2v) is 5.02. The number of aliphatic hydroxyl groups excluding tert-OH is 1. The van der Waals surface area contributed by atoms with Crippen molar-refractivity contribution in [2.24, 2.45) is 5.73 Å². The van der Waals surface area contributed by atoms with Crippen molar-refractivity contribution in [1.29, 1.82) is 0 Å². The van der Waals surface area contributed by atoms with Crippen molar-refractivity contribution in [2.75, 3.05) is 12.4 Å². The summed E-state index contributed by atoms with van der Waals surface area (Å²) in [7, 11) is 0. The number of hydrogen-bond acceptors (Lipinski definition) is 5. The Balaban J connectivity index is 2.36. The summed E-state index contributed by atoms with van der Waals surface area (Å²) in [6.45, 7) is 1.83. The molecule has 3 nitrogen and oxygen atoms in total. The molecule has 1 aromatic rings. The normalized spacial score (nSPS) is 15.9. The van der Waals surface area contributed by atoms with Gasteiger partial charge in [0, 0.05) is 22.9 Å². The molecular formula is C7H12N2OS2. The largest absolute Gasteiger partial charge is 0.394 e. The Bertz CT molecular complexity index is 223. The summed E-state index contributed by atoms with van der Waals surface area (Å²) in [6, 6.07) is 0. The maximum absolute atomic E-state index is 8.87. The van der Waals surface area contributed by atoms with E-state index in [1.807, 2.05) is 12.3 Å². The van der Waals surface area contributed by atoms with Crippen molar-refractivity contribution >= 4 is 23.1 Å². The van der Waals surface area contributed by atoms with E-state index < -0.39 is 5.54 Å². The van der Waals surface area contributed by atoms with Crippen LogP contribution in [0.1, 0.15) is 6.92 Å². The quantitative estimate of drug-likeness (QED) is 0.717. The van der Waals surface area contributed by atoms with E-state index in [0.717, 1.165) is 4.34 Å². The Morgan fingerprint density at radius 2 is 2.58 bits per heavy atom. The lowest BCUT2D eigenvalue weighted by Gasteiger charge is -2.19. The summed E-state index contributed by atoms with van der Waals surface area (Å²) >= 11 is 3.17. The fourth-order valence-electron chi connectivity index (χ4n) is 0.554. The Morgan fingerprint density at radius 1 is 1.83 bits per heavy atom. The molecule has 0 fully saturated rings. The molecule has 0 spiro atoms. The molecule has 1 rings (SSSR count). The second-order valence-electron chi connectivity index (χ2n) is 2.90. The van der Waals surface area contributed by atoms with Crippen LogP contribution in [0.3, 0.4) is 0 Å². The molecule has 0 saturated carbocycles. The molecule has 0 bridgehead atoms. The lowest BCUT2D eigenvalue weighted by atomic mass is 10.1. The number of nitrogens with zero attached hydrogens (tertiary/aromatic N) is 1. The van der Waals surface area contributed by atoms with Crippen molar-refractivity contribution < 1.29 is 5.11 Å². The number of hydrogen-bond donors (Lipinski definition) is 2. The van der Waals surface area contributed by atoms with E-state index in [0.29, 0.717) is 5.75 Å². The number of thiazole rings is 1. The topological polar surface area (TPSA) is 59.1 Å². The molecular weight excluding hydrogens is 192 g/mol. The standard InChI is InChI=1S/C7H12N2OS2/c1-7(8,4-10)5-12-6-9-2-3-11-6/h2-3,10H,4-5,8H2,1H3.